The van der Waals surface area contributed by atoms with Crippen molar-refractivity contribution in [1.82, 2.24) is 10.7 Å². The zero-order chi connectivity index (χ0) is 23.7. The smallest absolute Gasteiger partial charge is 0.262 e. The Hall–Kier alpha value is -2.87. The Morgan fingerprint density at radius 2 is 1.75 bits per heavy atom. The van der Waals surface area contributed by atoms with E-state index in [1.807, 2.05) is 52.8 Å². The molecule has 2 amide bonds. The molecular formula is C24H30BrN3O4. The van der Waals surface area contributed by atoms with Crippen LogP contribution in [0.4, 0.5) is 0 Å². The van der Waals surface area contributed by atoms with Crippen molar-refractivity contribution in [3.8, 4) is 11.5 Å². The van der Waals surface area contributed by atoms with Crippen molar-refractivity contribution in [3.05, 3.63) is 57.6 Å². The summed E-state index contributed by atoms with van der Waals surface area (Å²) >= 11 is 3.48. The predicted octanol–water partition coefficient (Wildman–Crippen LogP) is 4.46. The van der Waals surface area contributed by atoms with Gasteiger partial charge in [-0.25, -0.2) is 5.43 Å². The van der Waals surface area contributed by atoms with E-state index in [0.29, 0.717) is 35.8 Å². The summed E-state index contributed by atoms with van der Waals surface area (Å²) in [6.45, 7) is 10.5. The van der Waals surface area contributed by atoms with E-state index in [0.717, 1.165) is 10.0 Å². The van der Waals surface area contributed by atoms with Gasteiger partial charge in [-0.3, -0.25) is 9.59 Å². The molecule has 0 spiro atoms. The summed E-state index contributed by atoms with van der Waals surface area (Å²) < 4.78 is 12.0. The number of hydrazone groups is 1. The topological polar surface area (TPSA) is 89.0 Å². The third-order valence-electron chi connectivity index (χ3n) is 4.56. The molecule has 7 nitrogen and oxygen atoms in total. The molecule has 0 saturated heterocycles. The molecule has 1 unspecified atom stereocenters. The number of benzene rings is 2. The minimum atomic E-state index is -0.730. The van der Waals surface area contributed by atoms with Crippen molar-refractivity contribution in [2.45, 2.75) is 40.7 Å². The molecule has 172 valence electrons. The van der Waals surface area contributed by atoms with Gasteiger partial charge in [-0.05, 0) is 72.4 Å². The molecule has 0 aliphatic heterocycles. The van der Waals surface area contributed by atoms with Crippen molar-refractivity contribution >= 4 is 34.0 Å². The van der Waals surface area contributed by atoms with Crippen LogP contribution >= 0.6 is 15.9 Å². The van der Waals surface area contributed by atoms with Gasteiger partial charge in [0.2, 0.25) is 0 Å². The van der Waals surface area contributed by atoms with E-state index in [2.05, 4.69) is 31.8 Å². The van der Waals surface area contributed by atoms with Crippen molar-refractivity contribution in [3.63, 3.8) is 0 Å². The molecular weight excluding hydrogens is 474 g/mol. The van der Waals surface area contributed by atoms with Crippen molar-refractivity contribution in [2.24, 2.45) is 11.0 Å². The minimum Gasteiger partial charge on any atom is -0.490 e. The van der Waals surface area contributed by atoms with Crippen LogP contribution in [0.2, 0.25) is 0 Å². The van der Waals surface area contributed by atoms with Crippen LogP contribution in [0.5, 0.6) is 11.5 Å². The number of nitrogens with one attached hydrogen (secondary N) is 2. The predicted molar refractivity (Wildman–Crippen MR) is 129 cm³/mol. The Balaban J connectivity index is 2.09. The number of halogens is 1. The molecule has 32 heavy (non-hydrogen) atoms. The van der Waals surface area contributed by atoms with E-state index in [1.165, 1.54) is 6.21 Å². The van der Waals surface area contributed by atoms with Gasteiger partial charge >= 0.3 is 0 Å². The first-order valence-corrected chi connectivity index (χ1v) is 11.4. The summed E-state index contributed by atoms with van der Waals surface area (Å²) in [5.41, 5.74) is 4.79. The highest BCUT2D eigenvalue weighted by atomic mass is 79.9. The van der Waals surface area contributed by atoms with E-state index in [-0.39, 0.29) is 11.8 Å². The lowest BCUT2D eigenvalue weighted by atomic mass is 10.0. The molecule has 0 aliphatic carbocycles. The first-order chi connectivity index (χ1) is 15.3. The van der Waals surface area contributed by atoms with E-state index in [4.69, 9.17) is 9.47 Å². The number of amides is 2. The molecule has 2 aromatic rings. The maximum Gasteiger partial charge on any atom is 0.262 e. The molecule has 2 aromatic carbocycles. The quantitative estimate of drug-likeness (QED) is 0.370. The maximum atomic E-state index is 12.7. The molecule has 0 aliphatic rings. The van der Waals surface area contributed by atoms with E-state index >= 15 is 0 Å². The minimum absolute atomic E-state index is 0.122. The van der Waals surface area contributed by atoms with Crippen molar-refractivity contribution in [1.29, 1.82) is 0 Å². The molecule has 0 heterocycles. The van der Waals surface area contributed by atoms with Crippen LogP contribution < -0.4 is 20.2 Å². The monoisotopic (exact) mass is 503 g/mol. The van der Waals surface area contributed by atoms with Gasteiger partial charge in [0.05, 0.1) is 23.9 Å². The van der Waals surface area contributed by atoms with Gasteiger partial charge < -0.3 is 14.8 Å². The Labute approximate surface area is 197 Å². The standard InChI is InChI=1S/C24H30BrN3O4/c1-6-31-20-13-17(12-19(25)22(20)32-7-2)14-26-28-24(30)21(15(3)4)27-23(29)18-10-8-16(5)9-11-18/h8-15,21H,6-7H2,1-5H3,(H,27,29)(H,28,30). The van der Waals surface area contributed by atoms with Crippen LogP contribution in [0.1, 0.15) is 49.2 Å². The lowest BCUT2D eigenvalue weighted by Crippen LogP contribution is -2.48. The van der Waals surface area contributed by atoms with Gasteiger partial charge in [0, 0.05) is 5.56 Å². The second-order valence-electron chi connectivity index (χ2n) is 7.49. The molecule has 2 N–H and O–H groups in total. The van der Waals surface area contributed by atoms with Crippen LogP contribution in [0.25, 0.3) is 0 Å². The van der Waals surface area contributed by atoms with Gasteiger partial charge in [0.15, 0.2) is 11.5 Å². The molecule has 0 bridgehead atoms. The van der Waals surface area contributed by atoms with Crippen LogP contribution in [0.15, 0.2) is 46.0 Å². The molecule has 1 atom stereocenters. The second kappa shape index (κ2) is 12.2. The summed E-state index contributed by atoms with van der Waals surface area (Å²) in [6, 6.07) is 10.1. The van der Waals surface area contributed by atoms with E-state index in [1.54, 1.807) is 18.2 Å². The summed E-state index contributed by atoms with van der Waals surface area (Å²) in [6.07, 6.45) is 1.51. The lowest BCUT2D eigenvalue weighted by molar-refractivity contribution is -0.123. The van der Waals surface area contributed by atoms with Gasteiger partial charge in [0.1, 0.15) is 6.04 Å². The number of rotatable bonds is 10. The lowest BCUT2D eigenvalue weighted by Gasteiger charge is -2.20. The molecule has 0 radical (unpaired) electrons. The normalized spacial score (nSPS) is 12.0. The number of carbonyl (C=O) groups excluding carboxylic acids is 2. The average molecular weight is 504 g/mol. The zero-order valence-corrected chi connectivity index (χ0v) is 20.7. The number of nitrogens with zero attached hydrogens (tertiary/aromatic N) is 1. The van der Waals surface area contributed by atoms with Gasteiger partial charge in [0.25, 0.3) is 11.8 Å². The maximum absolute atomic E-state index is 12.7. The zero-order valence-electron chi connectivity index (χ0n) is 19.1. The fourth-order valence-corrected chi connectivity index (χ4v) is 3.49. The van der Waals surface area contributed by atoms with Gasteiger partial charge in [-0.1, -0.05) is 31.5 Å². The fourth-order valence-electron chi connectivity index (χ4n) is 2.91. The largest absolute Gasteiger partial charge is 0.490 e. The molecule has 0 saturated carbocycles. The highest BCUT2D eigenvalue weighted by Gasteiger charge is 2.24. The highest BCUT2D eigenvalue weighted by Crippen LogP contribution is 2.36. The molecule has 0 aromatic heterocycles. The summed E-state index contributed by atoms with van der Waals surface area (Å²) in [4.78, 5) is 25.2. The molecule has 0 fully saturated rings. The fraction of sp³-hybridized carbons (Fsp3) is 0.375. The van der Waals surface area contributed by atoms with E-state index < -0.39 is 11.9 Å². The Morgan fingerprint density at radius 3 is 2.34 bits per heavy atom. The Kier molecular flexibility index (Phi) is 9.71. The number of hydrogen-bond donors (Lipinski definition) is 2. The van der Waals surface area contributed by atoms with Crippen molar-refractivity contribution in [2.75, 3.05) is 13.2 Å². The summed E-state index contributed by atoms with van der Waals surface area (Å²) in [7, 11) is 0. The van der Waals surface area contributed by atoms with Crippen LogP contribution in [-0.2, 0) is 4.79 Å². The summed E-state index contributed by atoms with van der Waals surface area (Å²) in [5, 5.41) is 6.85. The third kappa shape index (κ3) is 7.09. The van der Waals surface area contributed by atoms with Gasteiger partial charge in [-0.2, -0.15) is 5.10 Å². The molecule has 2 rings (SSSR count). The summed E-state index contributed by atoms with van der Waals surface area (Å²) in [5.74, 6) is 0.381. The van der Waals surface area contributed by atoms with Gasteiger partial charge in [-0.15, -0.1) is 0 Å². The first kappa shape index (κ1) is 25.4. The first-order valence-electron chi connectivity index (χ1n) is 10.6. The van der Waals surface area contributed by atoms with Crippen LogP contribution in [0.3, 0.4) is 0 Å². The number of aryl methyl sites for hydroxylation is 1. The second-order valence-corrected chi connectivity index (χ2v) is 8.35. The number of carbonyl (C=O) groups is 2. The number of ether oxygens (including phenoxy) is 2. The Bertz CT molecular complexity index is 958. The molecule has 8 heteroatoms. The highest BCUT2D eigenvalue weighted by molar-refractivity contribution is 9.10. The third-order valence-corrected chi connectivity index (χ3v) is 5.15. The SMILES string of the molecule is CCOc1cc(C=NNC(=O)C(NC(=O)c2ccc(C)cc2)C(C)C)cc(Br)c1OCC. The Morgan fingerprint density at radius 1 is 1.09 bits per heavy atom. The van der Waals surface area contributed by atoms with Crippen molar-refractivity contribution < 1.29 is 19.1 Å². The van der Waals surface area contributed by atoms with E-state index in [9.17, 15) is 9.59 Å². The van der Waals surface area contributed by atoms with Crippen LogP contribution in [-0.4, -0.2) is 37.3 Å². The number of hydrogen-bond acceptors (Lipinski definition) is 5. The average Bonchev–Trinajstić information content (AvgIpc) is 2.74. The van der Waals surface area contributed by atoms with Crippen LogP contribution in [0, 0.1) is 12.8 Å².